The van der Waals surface area contributed by atoms with Gasteiger partial charge in [0, 0.05) is 5.69 Å². The molecule has 164 valence electrons. The van der Waals surface area contributed by atoms with E-state index in [4.69, 9.17) is 4.74 Å². The van der Waals surface area contributed by atoms with Gasteiger partial charge in [0.25, 0.3) is 5.91 Å². The number of carbonyl (C=O) groups is 4. The topological polar surface area (TPSA) is 92.8 Å². The number of benzene rings is 2. The Morgan fingerprint density at radius 1 is 0.938 bits per heavy atom. The maximum absolute atomic E-state index is 12.7. The van der Waals surface area contributed by atoms with Crippen molar-refractivity contribution in [3.63, 3.8) is 0 Å². The number of amides is 3. The predicted octanol–water partition coefficient (Wildman–Crippen LogP) is 3.55. The first-order valence-corrected chi connectivity index (χ1v) is 10.5. The van der Waals surface area contributed by atoms with E-state index in [-0.39, 0.29) is 29.2 Å². The maximum Gasteiger partial charge on any atom is 0.338 e. The molecular formula is C25H24N2O5. The van der Waals surface area contributed by atoms with Gasteiger partial charge in [0.05, 0.1) is 23.1 Å². The van der Waals surface area contributed by atoms with E-state index in [1.54, 1.807) is 12.1 Å². The highest BCUT2D eigenvalue weighted by atomic mass is 16.5. The second-order valence-corrected chi connectivity index (χ2v) is 8.11. The first-order chi connectivity index (χ1) is 15.4. The summed E-state index contributed by atoms with van der Waals surface area (Å²) in [5, 5.41) is 2.76. The second-order valence-electron chi connectivity index (χ2n) is 8.11. The lowest BCUT2D eigenvalue weighted by Gasteiger charge is -2.15. The van der Waals surface area contributed by atoms with Crippen molar-refractivity contribution in [2.45, 2.75) is 26.7 Å². The normalized spacial score (nSPS) is 19.6. The van der Waals surface area contributed by atoms with Crippen LogP contribution in [0.25, 0.3) is 0 Å². The van der Waals surface area contributed by atoms with Gasteiger partial charge in [-0.25, -0.2) is 4.79 Å². The number of para-hydroxylation sites is 1. The third-order valence-electron chi connectivity index (χ3n) is 5.95. The number of hydrogen-bond acceptors (Lipinski definition) is 5. The Kier molecular flexibility index (Phi) is 5.90. The van der Waals surface area contributed by atoms with Gasteiger partial charge in [-0.05, 0) is 62.1 Å². The number of ether oxygens (including phenoxy) is 1. The van der Waals surface area contributed by atoms with E-state index >= 15 is 0 Å². The van der Waals surface area contributed by atoms with E-state index in [1.807, 2.05) is 44.2 Å². The molecule has 2 atom stereocenters. The molecule has 0 saturated carbocycles. The summed E-state index contributed by atoms with van der Waals surface area (Å²) in [6, 6.07) is 11.7. The van der Waals surface area contributed by atoms with Crippen LogP contribution in [0.15, 0.2) is 54.6 Å². The molecule has 2 aliphatic rings. The minimum Gasteiger partial charge on any atom is -0.452 e. The van der Waals surface area contributed by atoms with Crippen molar-refractivity contribution in [1.29, 1.82) is 0 Å². The highest BCUT2D eigenvalue weighted by Gasteiger charge is 2.47. The van der Waals surface area contributed by atoms with Crippen LogP contribution in [0.3, 0.4) is 0 Å². The van der Waals surface area contributed by atoms with Crippen molar-refractivity contribution in [3.8, 4) is 0 Å². The summed E-state index contributed by atoms with van der Waals surface area (Å²) in [5.41, 5.74) is 3.20. The van der Waals surface area contributed by atoms with E-state index in [9.17, 15) is 19.2 Å². The predicted molar refractivity (Wildman–Crippen MR) is 119 cm³/mol. The van der Waals surface area contributed by atoms with Crippen molar-refractivity contribution < 1.29 is 23.9 Å². The minimum atomic E-state index is -0.662. The number of imide groups is 1. The van der Waals surface area contributed by atoms with Crippen LogP contribution < -0.4 is 10.2 Å². The molecule has 32 heavy (non-hydrogen) atoms. The molecule has 7 heteroatoms. The molecule has 7 nitrogen and oxygen atoms in total. The molecule has 0 bridgehead atoms. The van der Waals surface area contributed by atoms with Crippen molar-refractivity contribution in [2.75, 3.05) is 16.8 Å². The van der Waals surface area contributed by atoms with Gasteiger partial charge in [0.1, 0.15) is 0 Å². The molecule has 1 saturated heterocycles. The highest BCUT2D eigenvalue weighted by molar-refractivity contribution is 6.22. The van der Waals surface area contributed by atoms with Gasteiger partial charge in [0.2, 0.25) is 11.8 Å². The van der Waals surface area contributed by atoms with Crippen molar-refractivity contribution in [3.05, 3.63) is 71.3 Å². The average molecular weight is 432 g/mol. The molecule has 1 aliphatic carbocycles. The lowest BCUT2D eigenvalue weighted by molar-refractivity contribution is -0.122. The quantitative estimate of drug-likeness (QED) is 0.443. The smallest absolute Gasteiger partial charge is 0.338 e. The van der Waals surface area contributed by atoms with Gasteiger partial charge in [-0.3, -0.25) is 19.3 Å². The van der Waals surface area contributed by atoms with E-state index in [2.05, 4.69) is 5.32 Å². The number of rotatable bonds is 5. The SMILES string of the molecule is Cc1cccc(C)c1NC(=O)COC(=O)c1ccc(N2C(=O)[C@H]3CC=CC[C@@H]3C2=O)cc1. The summed E-state index contributed by atoms with van der Waals surface area (Å²) in [7, 11) is 0. The van der Waals surface area contributed by atoms with Crippen molar-refractivity contribution in [1.82, 2.24) is 0 Å². The molecule has 1 N–H and O–H groups in total. The van der Waals surface area contributed by atoms with Crippen LogP contribution in [0, 0.1) is 25.7 Å². The zero-order valence-corrected chi connectivity index (χ0v) is 18.0. The van der Waals surface area contributed by atoms with Crippen LogP contribution >= 0.6 is 0 Å². The van der Waals surface area contributed by atoms with Crippen LogP contribution in [0.4, 0.5) is 11.4 Å². The van der Waals surface area contributed by atoms with Crippen LogP contribution in [-0.2, 0) is 19.1 Å². The van der Waals surface area contributed by atoms with E-state index in [1.165, 1.54) is 17.0 Å². The van der Waals surface area contributed by atoms with Crippen molar-refractivity contribution >= 4 is 35.1 Å². The van der Waals surface area contributed by atoms with E-state index < -0.39 is 18.5 Å². The lowest BCUT2D eigenvalue weighted by Crippen LogP contribution is -2.30. The number of esters is 1. The molecule has 0 spiro atoms. The number of nitrogens with one attached hydrogen (secondary N) is 1. The molecule has 4 rings (SSSR count). The summed E-state index contributed by atoms with van der Waals surface area (Å²) >= 11 is 0. The zero-order chi connectivity index (χ0) is 22.8. The third kappa shape index (κ3) is 4.06. The Bertz CT molecular complexity index is 1070. The molecule has 0 aromatic heterocycles. The van der Waals surface area contributed by atoms with Gasteiger partial charge in [-0.15, -0.1) is 0 Å². The molecule has 2 aromatic carbocycles. The standard InChI is InChI=1S/C25H24N2O5/c1-15-6-5-7-16(2)22(15)26-21(28)14-32-25(31)17-10-12-18(13-11-17)27-23(29)19-8-3-4-9-20(19)24(27)30/h3-7,10-13,19-20H,8-9,14H2,1-2H3,(H,26,28)/t19-,20-/m0/s1. The number of nitrogens with zero attached hydrogens (tertiary/aromatic N) is 1. The molecule has 0 unspecified atom stereocenters. The zero-order valence-electron chi connectivity index (χ0n) is 18.0. The van der Waals surface area contributed by atoms with Gasteiger partial charge in [0.15, 0.2) is 6.61 Å². The summed E-state index contributed by atoms with van der Waals surface area (Å²) in [4.78, 5) is 51.1. The van der Waals surface area contributed by atoms with Crippen LogP contribution in [-0.4, -0.2) is 30.3 Å². The molecule has 3 amide bonds. The fourth-order valence-electron chi connectivity index (χ4n) is 4.20. The summed E-state index contributed by atoms with van der Waals surface area (Å²) < 4.78 is 5.12. The molecule has 0 radical (unpaired) electrons. The fraction of sp³-hybridized carbons (Fsp3) is 0.280. The van der Waals surface area contributed by atoms with Gasteiger partial charge in [-0.1, -0.05) is 30.4 Å². The van der Waals surface area contributed by atoms with Gasteiger partial charge >= 0.3 is 5.97 Å². The van der Waals surface area contributed by atoms with E-state index in [0.29, 0.717) is 24.2 Å². The Labute approximate surface area is 186 Å². The Morgan fingerprint density at radius 3 is 2.06 bits per heavy atom. The number of aryl methyl sites for hydroxylation is 2. The second kappa shape index (κ2) is 8.78. The molecule has 1 heterocycles. The molecule has 1 fully saturated rings. The molecule has 2 aromatic rings. The average Bonchev–Trinajstić information content (AvgIpc) is 3.05. The van der Waals surface area contributed by atoms with Crippen LogP contribution in [0.1, 0.15) is 34.3 Å². The molecular weight excluding hydrogens is 408 g/mol. The summed E-state index contributed by atoms with van der Waals surface area (Å²) in [6.07, 6.45) is 5.01. The van der Waals surface area contributed by atoms with Gasteiger partial charge < -0.3 is 10.1 Å². The summed E-state index contributed by atoms with van der Waals surface area (Å²) in [6.45, 7) is 3.35. The largest absolute Gasteiger partial charge is 0.452 e. The summed E-state index contributed by atoms with van der Waals surface area (Å²) in [5.74, 6) is -2.13. The number of hydrogen-bond donors (Lipinski definition) is 1. The van der Waals surface area contributed by atoms with Crippen molar-refractivity contribution in [2.24, 2.45) is 11.8 Å². The minimum absolute atomic E-state index is 0.206. The fourth-order valence-corrected chi connectivity index (χ4v) is 4.20. The Hall–Kier alpha value is -3.74. The highest BCUT2D eigenvalue weighted by Crippen LogP contribution is 2.37. The first kappa shape index (κ1) is 21.5. The monoisotopic (exact) mass is 432 g/mol. The van der Waals surface area contributed by atoms with E-state index in [0.717, 1.165) is 11.1 Å². The lowest BCUT2D eigenvalue weighted by atomic mass is 9.85. The number of fused-ring (bicyclic) bond motifs is 1. The number of carbonyl (C=O) groups excluding carboxylic acids is 4. The third-order valence-corrected chi connectivity index (χ3v) is 5.95. The Morgan fingerprint density at radius 2 is 1.50 bits per heavy atom. The van der Waals surface area contributed by atoms with Gasteiger partial charge in [-0.2, -0.15) is 0 Å². The first-order valence-electron chi connectivity index (χ1n) is 10.5. The molecule has 1 aliphatic heterocycles. The number of anilines is 2. The van der Waals surface area contributed by atoms with Crippen LogP contribution in [0.5, 0.6) is 0 Å². The maximum atomic E-state index is 12.7. The van der Waals surface area contributed by atoms with Crippen LogP contribution in [0.2, 0.25) is 0 Å². The Balaban J connectivity index is 1.37. The number of allylic oxidation sites excluding steroid dienone is 2.